The second-order valence-electron chi connectivity index (χ2n) is 8.69. The van der Waals surface area contributed by atoms with Crippen molar-refractivity contribution in [2.45, 2.75) is 63.3 Å². The molecule has 148 valence electrons. The second kappa shape index (κ2) is 7.21. The minimum atomic E-state index is -3.51. The molecule has 1 aromatic rings. The summed E-state index contributed by atoms with van der Waals surface area (Å²) < 4.78 is 27.2. The van der Waals surface area contributed by atoms with Gasteiger partial charge in [0.1, 0.15) is 0 Å². The molecule has 0 radical (unpaired) electrons. The molecule has 3 fully saturated rings. The Hall–Kier alpha value is -1.40. The average Bonchev–Trinajstić information content (AvgIpc) is 3.39. The number of carbonyl (C=O) groups is 1. The van der Waals surface area contributed by atoms with Gasteiger partial charge in [-0.2, -0.15) is 4.31 Å². The molecule has 4 rings (SSSR count). The molecule has 0 spiro atoms. The summed E-state index contributed by atoms with van der Waals surface area (Å²) in [5.74, 6) is 1.99. The summed E-state index contributed by atoms with van der Waals surface area (Å²) >= 11 is 0. The Morgan fingerprint density at radius 3 is 2.56 bits per heavy atom. The predicted octanol–water partition coefficient (Wildman–Crippen LogP) is 3.33. The molecule has 2 bridgehead atoms. The molecule has 0 aromatic heterocycles. The highest BCUT2D eigenvalue weighted by Crippen LogP contribution is 2.49. The molecule has 2 saturated carbocycles. The molecule has 4 atom stereocenters. The first kappa shape index (κ1) is 18.9. The lowest BCUT2D eigenvalue weighted by atomic mass is 9.84. The lowest BCUT2D eigenvalue weighted by molar-refractivity contribution is 0.0914. The third-order valence-corrected chi connectivity index (χ3v) is 8.84. The quantitative estimate of drug-likeness (QED) is 0.839. The molecule has 1 aliphatic heterocycles. The molecule has 1 saturated heterocycles. The van der Waals surface area contributed by atoms with Crippen LogP contribution in [0.4, 0.5) is 0 Å². The van der Waals surface area contributed by atoms with Gasteiger partial charge in [0.05, 0.1) is 4.90 Å². The summed E-state index contributed by atoms with van der Waals surface area (Å²) in [6.45, 7) is 5.10. The van der Waals surface area contributed by atoms with Gasteiger partial charge in [0.15, 0.2) is 0 Å². The van der Waals surface area contributed by atoms with Crippen LogP contribution in [0.2, 0.25) is 0 Å². The number of aryl methyl sites for hydroxylation is 1. The molecular formula is C21H30N2O3S. The average molecular weight is 391 g/mol. The molecule has 1 amide bonds. The molecule has 3 aliphatic rings. The summed E-state index contributed by atoms with van der Waals surface area (Å²) in [5, 5.41) is 3.16. The summed E-state index contributed by atoms with van der Waals surface area (Å²) in [7, 11) is -3.51. The number of carbonyl (C=O) groups excluding carboxylic acids is 1. The van der Waals surface area contributed by atoms with Gasteiger partial charge in [-0.05, 0) is 81.4 Å². The van der Waals surface area contributed by atoms with E-state index in [1.54, 1.807) is 18.2 Å². The number of amides is 1. The van der Waals surface area contributed by atoms with E-state index in [4.69, 9.17) is 0 Å². The Labute approximate surface area is 162 Å². The van der Waals surface area contributed by atoms with Gasteiger partial charge in [-0.1, -0.05) is 12.5 Å². The maximum Gasteiger partial charge on any atom is 0.251 e. The topological polar surface area (TPSA) is 66.5 Å². The number of rotatable bonds is 5. The van der Waals surface area contributed by atoms with Crippen molar-refractivity contribution < 1.29 is 13.2 Å². The number of benzene rings is 1. The van der Waals surface area contributed by atoms with E-state index in [9.17, 15) is 13.2 Å². The number of nitrogens with zero attached hydrogens (tertiary/aromatic N) is 1. The number of hydrogen-bond donors (Lipinski definition) is 1. The van der Waals surface area contributed by atoms with E-state index in [-0.39, 0.29) is 16.8 Å². The maximum absolute atomic E-state index is 12.9. The van der Waals surface area contributed by atoms with E-state index in [2.05, 4.69) is 12.2 Å². The van der Waals surface area contributed by atoms with Gasteiger partial charge in [-0.25, -0.2) is 8.42 Å². The molecule has 1 heterocycles. The smallest absolute Gasteiger partial charge is 0.251 e. The van der Waals surface area contributed by atoms with Crippen molar-refractivity contribution in [2.24, 2.45) is 17.8 Å². The van der Waals surface area contributed by atoms with Gasteiger partial charge in [0.2, 0.25) is 10.0 Å². The van der Waals surface area contributed by atoms with Crippen LogP contribution in [-0.2, 0) is 10.0 Å². The van der Waals surface area contributed by atoms with Crippen molar-refractivity contribution in [3.05, 3.63) is 29.3 Å². The maximum atomic E-state index is 12.9. The number of nitrogens with one attached hydrogen (secondary N) is 1. The lowest BCUT2D eigenvalue weighted by Gasteiger charge is -2.28. The van der Waals surface area contributed by atoms with Crippen molar-refractivity contribution in [3.8, 4) is 0 Å². The van der Waals surface area contributed by atoms with Crippen LogP contribution in [0.15, 0.2) is 23.1 Å². The van der Waals surface area contributed by atoms with E-state index in [0.29, 0.717) is 24.6 Å². The van der Waals surface area contributed by atoms with Crippen LogP contribution >= 0.6 is 0 Å². The first-order valence-corrected chi connectivity index (χ1v) is 11.7. The normalized spacial score (nSPS) is 29.2. The SMILES string of the molecule is Cc1ccc(S(=O)(=O)N2CCCC2)cc1C(=O)N[C@H](C)[C@@H]1C[C@H]2CC[C@H]1C2. The Morgan fingerprint density at radius 1 is 1.19 bits per heavy atom. The second-order valence-corrected chi connectivity index (χ2v) is 10.6. The minimum Gasteiger partial charge on any atom is -0.349 e. The highest BCUT2D eigenvalue weighted by molar-refractivity contribution is 7.89. The molecular weight excluding hydrogens is 360 g/mol. The fourth-order valence-corrected chi connectivity index (χ4v) is 6.93. The van der Waals surface area contributed by atoms with Crippen LogP contribution in [-0.4, -0.2) is 37.8 Å². The van der Waals surface area contributed by atoms with Gasteiger partial charge in [-0.3, -0.25) is 4.79 Å². The van der Waals surface area contributed by atoms with Crippen molar-refractivity contribution in [1.29, 1.82) is 0 Å². The lowest BCUT2D eigenvalue weighted by Crippen LogP contribution is -2.40. The fourth-order valence-electron chi connectivity index (χ4n) is 5.38. The predicted molar refractivity (Wildman–Crippen MR) is 105 cm³/mol. The highest BCUT2D eigenvalue weighted by atomic mass is 32.2. The number of fused-ring (bicyclic) bond motifs is 2. The van der Waals surface area contributed by atoms with E-state index in [1.165, 1.54) is 30.0 Å². The van der Waals surface area contributed by atoms with Crippen LogP contribution in [0.5, 0.6) is 0 Å². The van der Waals surface area contributed by atoms with Crippen LogP contribution in [0, 0.1) is 24.7 Å². The largest absolute Gasteiger partial charge is 0.349 e. The van der Waals surface area contributed by atoms with Gasteiger partial charge in [0.25, 0.3) is 5.91 Å². The van der Waals surface area contributed by atoms with Crippen LogP contribution in [0.1, 0.15) is 61.4 Å². The monoisotopic (exact) mass is 390 g/mol. The Kier molecular flexibility index (Phi) is 5.06. The van der Waals surface area contributed by atoms with Crippen LogP contribution in [0.3, 0.4) is 0 Å². The zero-order valence-corrected chi connectivity index (χ0v) is 17.1. The Morgan fingerprint density at radius 2 is 1.93 bits per heavy atom. The van der Waals surface area contributed by atoms with Gasteiger partial charge >= 0.3 is 0 Å². The van der Waals surface area contributed by atoms with Crippen LogP contribution < -0.4 is 5.32 Å². The first-order valence-electron chi connectivity index (χ1n) is 10.3. The fraction of sp³-hybridized carbons (Fsp3) is 0.667. The van der Waals surface area contributed by atoms with Crippen molar-refractivity contribution in [1.82, 2.24) is 9.62 Å². The molecule has 0 unspecified atom stereocenters. The van der Waals surface area contributed by atoms with E-state index < -0.39 is 10.0 Å². The Bertz CT molecular complexity index is 830. The van der Waals surface area contributed by atoms with E-state index in [1.807, 2.05) is 6.92 Å². The molecule has 27 heavy (non-hydrogen) atoms. The number of hydrogen-bond acceptors (Lipinski definition) is 3. The summed E-state index contributed by atoms with van der Waals surface area (Å²) in [6, 6.07) is 5.07. The molecule has 2 aliphatic carbocycles. The van der Waals surface area contributed by atoms with Crippen molar-refractivity contribution >= 4 is 15.9 Å². The molecule has 5 nitrogen and oxygen atoms in total. The van der Waals surface area contributed by atoms with Gasteiger partial charge < -0.3 is 5.32 Å². The van der Waals surface area contributed by atoms with E-state index >= 15 is 0 Å². The summed E-state index contributed by atoms with van der Waals surface area (Å²) in [6.07, 6.45) is 6.97. The number of sulfonamides is 1. The third kappa shape index (κ3) is 3.54. The Balaban J connectivity index is 1.51. The van der Waals surface area contributed by atoms with Gasteiger partial charge in [-0.15, -0.1) is 0 Å². The molecule has 1 N–H and O–H groups in total. The zero-order valence-electron chi connectivity index (χ0n) is 16.3. The zero-order chi connectivity index (χ0) is 19.2. The van der Waals surface area contributed by atoms with Crippen molar-refractivity contribution in [2.75, 3.05) is 13.1 Å². The van der Waals surface area contributed by atoms with Crippen molar-refractivity contribution in [3.63, 3.8) is 0 Å². The minimum absolute atomic E-state index is 0.131. The summed E-state index contributed by atoms with van der Waals surface area (Å²) in [4.78, 5) is 13.1. The van der Waals surface area contributed by atoms with Gasteiger partial charge in [0, 0.05) is 24.7 Å². The highest BCUT2D eigenvalue weighted by Gasteiger charge is 2.42. The first-order chi connectivity index (χ1) is 12.9. The molecule has 1 aromatic carbocycles. The van der Waals surface area contributed by atoms with E-state index in [0.717, 1.165) is 30.2 Å². The third-order valence-electron chi connectivity index (χ3n) is 6.95. The standard InChI is InChI=1S/C21H30N2O3S/c1-14-5-8-18(27(25,26)23-9-3-4-10-23)13-19(14)21(24)22-15(2)20-12-16-6-7-17(20)11-16/h5,8,13,15-17,20H,3-4,6-7,9-12H2,1-2H3,(H,22,24)/t15-,16+,17+,20+/m1/s1. The summed E-state index contributed by atoms with van der Waals surface area (Å²) in [5.41, 5.74) is 1.29. The molecule has 6 heteroatoms. The van der Waals surface area contributed by atoms with Crippen LogP contribution in [0.25, 0.3) is 0 Å².